The number of carbonyl (C=O) groups excluding carboxylic acids is 2. The molecule has 0 saturated carbocycles. The summed E-state index contributed by atoms with van der Waals surface area (Å²) in [6.07, 6.45) is 5.36. The summed E-state index contributed by atoms with van der Waals surface area (Å²) in [5.41, 5.74) is 1.18. The van der Waals surface area contributed by atoms with Crippen LogP contribution < -0.4 is 0 Å². The van der Waals surface area contributed by atoms with Gasteiger partial charge in [-0.25, -0.2) is 0 Å². The molecule has 3 saturated heterocycles. The van der Waals surface area contributed by atoms with Crippen molar-refractivity contribution in [1.29, 1.82) is 0 Å². The molecule has 1 aromatic heterocycles. The zero-order valence-corrected chi connectivity index (χ0v) is 14.7. The number of rotatable bonds is 3. The Morgan fingerprint density at radius 3 is 2.76 bits per heavy atom. The monoisotopic (exact) mass is 343 g/mol. The van der Waals surface area contributed by atoms with Crippen LogP contribution in [0.4, 0.5) is 0 Å². The lowest BCUT2D eigenvalue weighted by Crippen LogP contribution is -2.63. The van der Waals surface area contributed by atoms with Gasteiger partial charge in [-0.15, -0.1) is 0 Å². The molecule has 1 spiro atoms. The third kappa shape index (κ3) is 3.15. The highest BCUT2D eigenvalue weighted by Gasteiger charge is 2.51. The SMILES string of the molecule is Cc1cccnc1C(=O)N1CC2(CC(CC(=O)N3CCCC3)CO2)C1. The van der Waals surface area contributed by atoms with E-state index >= 15 is 0 Å². The van der Waals surface area contributed by atoms with Gasteiger partial charge >= 0.3 is 0 Å². The molecule has 1 atom stereocenters. The van der Waals surface area contributed by atoms with Gasteiger partial charge < -0.3 is 14.5 Å². The molecule has 25 heavy (non-hydrogen) atoms. The van der Waals surface area contributed by atoms with Gasteiger partial charge in [0.25, 0.3) is 5.91 Å². The summed E-state index contributed by atoms with van der Waals surface area (Å²) in [7, 11) is 0. The number of pyridine rings is 1. The van der Waals surface area contributed by atoms with Crippen molar-refractivity contribution in [3.8, 4) is 0 Å². The van der Waals surface area contributed by atoms with Crippen molar-refractivity contribution in [3.05, 3.63) is 29.6 Å². The smallest absolute Gasteiger partial charge is 0.272 e. The number of likely N-dealkylation sites (tertiary alicyclic amines) is 2. The minimum absolute atomic E-state index is 0.0241. The van der Waals surface area contributed by atoms with Crippen molar-refractivity contribution in [2.75, 3.05) is 32.8 Å². The Hall–Kier alpha value is -1.95. The van der Waals surface area contributed by atoms with E-state index < -0.39 is 0 Å². The first kappa shape index (κ1) is 16.5. The summed E-state index contributed by atoms with van der Waals surface area (Å²) in [4.78, 5) is 32.9. The maximum Gasteiger partial charge on any atom is 0.272 e. The van der Waals surface area contributed by atoms with Crippen LogP contribution in [0.2, 0.25) is 0 Å². The first-order valence-electron chi connectivity index (χ1n) is 9.19. The molecule has 3 aliphatic heterocycles. The summed E-state index contributed by atoms with van der Waals surface area (Å²) < 4.78 is 6.01. The normalized spacial score (nSPS) is 24.6. The number of carbonyl (C=O) groups is 2. The second-order valence-electron chi connectivity index (χ2n) is 7.69. The standard InChI is InChI=1S/C19H25N3O3/c1-14-5-4-6-20-17(14)18(24)22-12-19(13-22)10-15(11-25-19)9-16(23)21-7-2-3-8-21/h4-6,15H,2-3,7-13H2,1H3. The zero-order valence-electron chi connectivity index (χ0n) is 14.7. The second kappa shape index (κ2) is 6.41. The minimum Gasteiger partial charge on any atom is -0.371 e. The molecule has 6 heteroatoms. The van der Waals surface area contributed by atoms with E-state index in [1.165, 1.54) is 0 Å². The summed E-state index contributed by atoms with van der Waals surface area (Å²) in [6, 6.07) is 3.74. The molecule has 6 nitrogen and oxygen atoms in total. The highest BCUT2D eigenvalue weighted by molar-refractivity contribution is 5.94. The van der Waals surface area contributed by atoms with E-state index in [1.807, 2.05) is 24.0 Å². The average Bonchev–Trinajstić information content (AvgIpc) is 3.23. The van der Waals surface area contributed by atoms with Crippen molar-refractivity contribution < 1.29 is 14.3 Å². The molecule has 0 bridgehead atoms. The third-order valence-corrected chi connectivity index (χ3v) is 5.67. The van der Waals surface area contributed by atoms with Crippen LogP contribution in [0.3, 0.4) is 0 Å². The number of nitrogens with zero attached hydrogens (tertiary/aromatic N) is 3. The summed E-state index contributed by atoms with van der Waals surface area (Å²) >= 11 is 0. The topological polar surface area (TPSA) is 62.7 Å². The van der Waals surface area contributed by atoms with E-state index in [1.54, 1.807) is 11.1 Å². The Bertz CT molecular complexity index is 678. The summed E-state index contributed by atoms with van der Waals surface area (Å²) in [5.74, 6) is 0.519. The Kier molecular flexibility index (Phi) is 4.23. The van der Waals surface area contributed by atoms with Gasteiger partial charge in [0.15, 0.2) is 0 Å². The summed E-state index contributed by atoms with van der Waals surface area (Å²) in [5, 5.41) is 0. The van der Waals surface area contributed by atoms with E-state index in [4.69, 9.17) is 4.74 Å². The van der Waals surface area contributed by atoms with Crippen molar-refractivity contribution in [2.45, 2.75) is 38.2 Å². The average molecular weight is 343 g/mol. The van der Waals surface area contributed by atoms with Crippen LogP contribution in [-0.2, 0) is 9.53 Å². The lowest BCUT2D eigenvalue weighted by atomic mass is 9.85. The fourth-order valence-corrected chi connectivity index (χ4v) is 4.28. The molecule has 0 aromatic carbocycles. The van der Waals surface area contributed by atoms with Crippen LogP contribution in [-0.4, -0.2) is 65.0 Å². The molecule has 2 amide bonds. The highest BCUT2D eigenvalue weighted by Crippen LogP contribution is 2.40. The van der Waals surface area contributed by atoms with E-state index in [-0.39, 0.29) is 23.3 Å². The lowest BCUT2D eigenvalue weighted by Gasteiger charge is -2.47. The number of hydrogen-bond acceptors (Lipinski definition) is 4. The van der Waals surface area contributed by atoms with Crippen LogP contribution >= 0.6 is 0 Å². The van der Waals surface area contributed by atoms with Gasteiger partial charge in [0.05, 0.1) is 19.7 Å². The number of aryl methyl sites for hydroxylation is 1. The summed E-state index contributed by atoms with van der Waals surface area (Å²) in [6.45, 7) is 5.56. The van der Waals surface area contributed by atoms with Crippen molar-refractivity contribution in [1.82, 2.24) is 14.8 Å². The Balaban J connectivity index is 1.30. The first-order chi connectivity index (χ1) is 12.1. The predicted octanol–water partition coefficient (Wildman–Crippen LogP) is 1.63. The molecular formula is C19H25N3O3. The first-order valence-corrected chi connectivity index (χ1v) is 9.19. The van der Waals surface area contributed by atoms with Crippen LogP contribution in [0, 0.1) is 12.8 Å². The second-order valence-corrected chi connectivity index (χ2v) is 7.69. The largest absolute Gasteiger partial charge is 0.371 e. The molecule has 0 aliphatic carbocycles. The Morgan fingerprint density at radius 2 is 2.04 bits per heavy atom. The molecule has 4 rings (SSSR count). The number of hydrogen-bond donors (Lipinski definition) is 0. The molecule has 134 valence electrons. The van der Waals surface area contributed by atoms with Crippen LogP contribution in [0.1, 0.15) is 41.7 Å². The molecule has 1 unspecified atom stereocenters. The fraction of sp³-hybridized carbons (Fsp3) is 0.632. The van der Waals surface area contributed by atoms with Crippen LogP contribution in [0.25, 0.3) is 0 Å². The van der Waals surface area contributed by atoms with E-state index in [9.17, 15) is 9.59 Å². The van der Waals surface area contributed by atoms with Crippen LogP contribution in [0.15, 0.2) is 18.3 Å². The Morgan fingerprint density at radius 1 is 1.28 bits per heavy atom. The van der Waals surface area contributed by atoms with Crippen molar-refractivity contribution in [2.24, 2.45) is 5.92 Å². The number of amides is 2. The van der Waals surface area contributed by atoms with Crippen LogP contribution in [0.5, 0.6) is 0 Å². The van der Waals surface area contributed by atoms with E-state index in [0.29, 0.717) is 31.8 Å². The van der Waals surface area contributed by atoms with E-state index in [0.717, 1.165) is 37.9 Å². The van der Waals surface area contributed by atoms with Gasteiger partial charge in [0, 0.05) is 25.7 Å². The maximum absolute atomic E-state index is 12.6. The highest BCUT2D eigenvalue weighted by atomic mass is 16.5. The van der Waals surface area contributed by atoms with Gasteiger partial charge in [0.2, 0.25) is 5.91 Å². The molecular weight excluding hydrogens is 318 g/mol. The zero-order chi connectivity index (χ0) is 17.4. The van der Waals surface area contributed by atoms with Gasteiger partial charge in [-0.1, -0.05) is 6.07 Å². The molecule has 4 heterocycles. The minimum atomic E-state index is -0.242. The van der Waals surface area contributed by atoms with E-state index in [2.05, 4.69) is 4.98 Å². The van der Waals surface area contributed by atoms with Crippen molar-refractivity contribution in [3.63, 3.8) is 0 Å². The quantitative estimate of drug-likeness (QED) is 0.837. The van der Waals surface area contributed by atoms with Gasteiger partial charge in [-0.3, -0.25) is 14.6 Å². The Labute approximate surface area is 148 Å². The maximum atomic E-state index is 12.6. The lowest BCUT2D eigenvalue weighted by molar-refractivity contribution is -0.131. The number of ether oxygens (including phenoxy) is 1. The molecule has 3 fully saturated rings. The van der Waals surface area contributed by atoms with Crippen molar-refractivity contribution >= 4 is 11.8 Å². The van der Waals surface area contributed by atoms with Gasteiger partial charge in [-0.2, -0.15) is 0 Å². The number of aromatic nitrogens is 1. The molecule has 0 N–H and O–H groups in total. The van der Waals surface area contributed by atoms with Gasteiger partial charge in [-0.05, 0) is 43.7 Å². The molecule has 3 aliphatic rings. The fourth-order valence-electron chi connectivity index (χ4n) is 4.28. The molecule has 1 aromatic rings. The van der Waals surface area contributed by atoms with Gasteiger partial charge in [0.1, 0.15) is 11.3 Å². The molecule has 0 radical (unpaired) electrons. The predicted molar refractivity (Wildman–Crippen MR) is 92.1 cm³/mol. The third-order valence-electron chi connectivity index (χ3n) is 5.67.